The molecule has 1 aliphatic rings. The predicted octanol–water partition coefficient (Wildman–Crippen LogP) is 6.76. The molecule has 41 heavy (non-hydrogen) atoms. The second-order valence-corrected chi connectivity index (χ2v) is 12.3. The van der Waals surface area contributed by atoms with Gasteiger partial charge < -0.3 is 19.5 Å². The van der Waals surface area contributed by atoms with Crippen LogP contribution in [0.25, 0.3) is 0 Å². The van der Waals surface area contributed by atoms with Crippen LogP contribution in [0.3, 0.4) is 0 Å². The van der Waals surface area contributed by atoms with E-state index in [1.807, 2.05) is 51.1 Å². The Morgan fingerprint density at radius 3 is 2.12 bits per heavy atom. The van der Waals surface area contributed by atoms with Crippen molar-refractivity contribution in [2.75, 3.05) is 13.7 Å². The SMILES string of the molecule is CCOC(=O)[C@@H]1[C@@H](C(C)(C)C)[C@H](NCc2ccc(C(F)(F)F)cc2OC)[C@H](c2ccccc2)N1C(=O)OC(C)(C)C. The van der Waals surface area contributed by atoms with Gasteiger partial charge in [-0.25, -0.2) is 9.59 Å². The molecule has 0 aliphatic carbocycles. The molecule has 1 heterocycles. The fourth-order valence-electron chi connectivity index (χ4n) is 5.51. The fourth-order valence-corrected chi connectivity index (χ4v) is 5.51. The number of esters is 1. The average molecular weight is 579 g/mol. The molecule has 0 bridgehead atoms. The summed E-state index contributed by atoms with van der Waals surface area (Å²) in [6.07, 6.45) is -5.17. The number of hydrogen-bond acceptors (Lipinski definition) is 6. The van der Waals surface area contributed by atoms with Crippen LogP contribution in [0.1, 0.15) is 71.2 Å². The van der Waals surface area contributed by atoms with Gasteiger partial charge in [0.2, 0.25) is 0 Å². The number of likely N-dealkylation sites (tertiary alicyclic amines) is 1. The molecule has 1 fully saturated rings. The van der Waals surface area contributed by atoms with Crippen LogP contribution in [-0.4, -0.2) is 48.4 Å². The Hall–Kier alpha value is -3.27. The maximum atomic E-state index is 13.8. The second-order valence-electron chi connectivity index (χ2n) is 12.3. The van der Waals surface area contributed by atoms with Crippen molar-refractivity contribution in [2.45, 2.75) is 84.9 Å². The van der Waals surface area contributed by atoms with Crippen molar-refractivity contribution in [3.8, 4) is 5.75 Å². The third kappa shape index (κ3) is 7.52. The highest BCUT2D eigenvalue weighted by atomic mass is 19.4. The number of rotatable bonds is 7. The van der Waals surface area contributed by atoms with E-state index in [1.165, 1.54) is 18.1 Å². The Labute approximate surface area is 240 Å². The van der Waals surface area contributed by atoms with Crippen molar-refractivity contribution in [2.24, 2.45) is 11.3 Å². The van der Waals surface area contributed by atoms with Crippen molar-refractivity contribution < 1.29 is 37.0 Å². The number of hydrogen-bond donors (Lipinski definition) is 1. The topological polar surface area (TPSA) is 77.1 Å². The highest BCUT2D eigenvalue weighted by Crippen LogP contribution is 2.49. The smallest absolute Gasteiger partial charge is 0.416 e. The predicted molar refractivity (Wildman–Crippen MR) is 149 cm³/mol. The summed E-state index contributed by atoms with van der Waals surface area (Å²) in [6.45, 7) is 13.2. The molecule has 3 rings (SSSR count). The number of halogens is 3. The molecule has 0 spiro atoms. The first kappa shape index (κ1) is 32.2. The van der Waals surface area contributed by atoms with Crippen LogP contribution in [-0.2, 0) is 27.0 Å². The summed E-state index contributed by atoms with van der Waals surface area (Å²) in [7, 11) is 1.32. The van der Waals surface area contributed by atoms with Crippen molar-refractivity contribution in [1.82, 2.24) is 10.2 Å². The molecule has 0 saturated carbocycles. The minimum Gasteiger partial charge on any atom is -0.496 e. The van der Waals surface area contributed by atoms with Crippen molar-refractivity contribution >= 4 is 12.1 Å². The molecule has 0 aromatic heterocycles. The molecule has 226 valence electrons. The lowest BCUT2D eigenvalue weighted by Crippen LogP contribution is -2.49. The lowest BCUT2D eigenvalue weighted by molar-refractivity contribution is -0.151. The molecular weight excluding hydrogens is 537 g/mol. The van der Waals surface area contributed by atoms with E-state index < -0.39 is 58.9 Å². The summed E-state index contributed by atoms with van der Waals surface area (Å²) in [6, 6.07) is 10.5. The van der Waals surface area contributed by atoms with Crippen molar-refractivity contribution in [3.05, 3.63) is 65.2 Å². The number of nitrogens with zero attached hydrogens (tertiary/aromatic N) is 1. The molecule has 2 aromatic carbocycles. The highest BCUT2D eigenvalue weighted by Gasteiger charge is 2.59. The summed E-state index contributed by atoms with van der Waals surface area (Å²) >= 11 is 0. The summed E-state index contributed by atoms with van der Waals surface area (Å²) in [5, 5.41) is 3.49. The summed E-state index contributed by atoms with van der Waals surface area (Å²) < 4.78 is 56.6. The summed E-state index contributed by atoms with van der Waals surface area (Å²) in [5.74, 6) is -0.921. The standard InChI is InChI=1S/C31H41F3N2O5/c1-9-40-27(37)26-23(29(2,3)4)24(35-18-20-15-16-21(31(32,33)34)17-22(20)39-8)25(19-13-11-10-12-14-19)36(26)28(38)41-30(5,6)7/h10-17,23-26,35H,9,18H2,1-8H3/t23-,24-,25-,26-/m0/s1. The van der Waals surface area contributed by atoms with Gasteiger partial charge in [0.15, 0.2) is 0 Å². The van der Waals surface area contributed by atoms with E-state index in [0.29, 0.717) is 5.56 Å². The van der Waals surface area contributed by atoms with Crippen LogP contribution in [0.15, 0.2) is 48.5 Å². The first-order chi connectivity index (χ1) is 19.0. The van der Waals surface area contributed by atoms with Gasteiger partial charge in [-0.1, -0.05) is 57.2 Å². The number of nitrogens with one attached hydrogen (secondary N) is 1. The highest BCUT2D eigenvalue weighted by molar-refractivity contribution is 5.83. The van der Waals surface area contributed by atoms with Gasteiger partial charge in [0, 0.05) is 24.1 Å². The van der Waals surface area contributed by atoms with Crippen molar-refractivity contribution in [3.63, 3.8) is 0 Å². The number of methoxy groups -OCH3 is 1. The van der Waals surface area contributed by atoms with Crippen molar-refractivity contribution in [1.29, 1.82) is 0 Å². The Balaban J connectivity index is 2.16. The minimum absolute atomic E-state index is 0.0832. The van der Waals surface area contributed by atoms with E-state index in [9.17, 15) is 22.8 Å². The van der Waals surface area contributed by atoms with Gasteiger partial charge in [-0.15, -0.1) is 0 Å². The number of carbonyl (C=O) groups is 2. The number of ether oxygens (including phenoxy) is 3. The number of carbonyl (C=O) groups excluding carboxylic acids is 2. The number of benzene rings is 2. The molecule has 0 unspecified atom stereocenters. The van der Waals surface area contributed by atoms with Crippen LogP contribution >= 0.6 is 0 Å². The first-order valence-electron chi connectivity index (χ1n) is 13.7. The Morgan fingerprint density at radius 1 is 0.976 bits per heavy atom. The van der Waals surface area contributed by atoms with E-state index in [4.69, 9.17) is 14.2 Å². The maximum Gasteiger partial charge on any atom is 0.416 e. The van der Waals surface area contributed by atoms with Gasteiger partial charge in [0.1, 0.15) is 17.4 Å². The molecule has 7 nitrogen and oxygen atoms in total. The number of alkyl halides is 3. The largest absolute Gasteiger partial charge is 0.496 e. The van der Waals surface area contributed by atoms with Crippen LogP contribution in [0.5, 0.6) is 5.75 Å². The van der Waals surface area contributed by atoms with Crippen LogP contribution in [0.2, 0.25) is 0 Å². The molecular formula is C31H41F3N2O5. The Bertz CT molecular complexity index is 1200. The molecule has 2 aromatic rings. The van der Waals surface area contributed by atoms with Gasteiger partial charge >= 0.3 is 18.2 Å². The minimum atomic E-state index is -4.51. The van der Waals surface area contributed by atoms with Crippen LogP contribution in [0.4, 0.5) is 18.0 Å². The van der Waals surface area contributed by atoms with Gasteiger partial charge in [0.05, 0.1) is 25.3 Å². The fraction of sp³-hybridized carbons (Fsp3) is 0.548. The van der Waals surface area contributed by atoms with Crippen LogP contribution in [0, 0.1) is 11.3 Å². The molecule has 1 amide bonds. The number of amides is 1. The molecule has 10 heteroatoms. The molecule has 1 aliphatic heterocycles. The second kappa shape index (κ2) is 12.3. The zero-order valence-corrected chi connectivity index (χ0v) is 25.0. The van der Waals surface area contributed by atoms with E-state index in [2.05, 4.69) is 5.32 Å². The zero-order valence-electron chi connectivity index (χ0n) is 25.0. The van der Waals surface area contributed by atoms with E-state index in [0.717, 1.165) is 17.7 Å². The maximum absolute atomic E-state index is 13.8. The Morgan fingerprint density at radius 2 is 1.61 bits per heavy atom. The van der Waals surface area contributed by atoms with E-state index in [1.54, 1.807) is 27.7 Å². The first-order valence-corrected chi connectivity index (χ1v) is 13.7. The van der Waals surface area contributed by atoms with Gasteiger partial charge in [-0.2, -0.15) is 13.2 Å². The van der Waals surface area contributed by atoms with E-state index >= 15 is 0 Å². The molecule has 4 atom stereocenters. The van der Waals surface area contributed by atoms with Gasteiger partial charge in [-0.3, -0.25) is 4.90 Å². The van der Waals surface area contributed by atoms with Gasteiger partial charge in [0.25, 0.3) is 0 Å². The lowest BCUT2D eigenvalue weighted by atomic mass is 9.72. The van der Waals surface area contributed by atoms with Gasteiger partial charge in [-0.05, 0) is 50.8 Å². The molecule has 1 N–H and O–H groups in total. The summed E-state index contributed by atoms with van der Waals surface area (Å²) in [4.78, 5) is 28.9. The Kier molecular flexibility index (Phi) is 9.68. The molecule has 1 saturated heterocycles. The third-order valence-corrected chi connectivity index (χ3v) is 7.08. The van der Waals surface area contributed by atoms with E-state index in [-0.39, 0.29) is 18.9 Å². The zero-order chi connectivity index (χ0) is 30.8. The quantitative estimate of drug-likeness (QED) is 0.366. The lowest BCUT2D eigenvalue weighted by Gasteiger charge is -2.36. The summed E-state index contributed by atoms with van der Waals surface area (Å²) in [5.41, 5.74) is -0.872. The van der Waals surface area contributed by atoms with Crippen LogP contribution < -0.4 is 10.1 Å². The average Bonchev–Trinajstić information content (AvgIpc) is 3.22. The molecule has 0 radical (unpaired) electrons. The monoisotopic (exact) mass is 578 g/mol. The third-order valence-electron chi connectivity index (χ3n) is 7.08. The normalized spacial score (nSPS) is 21.5.